The summed E-state index contributed by atoms with van der Waals surface area (Å²) in [5.74, 6) is 0.673. The molecule has 0 aliphatic heterocycles. The Bertz CT molecular complexity index is 872. The van der Waals surface area contributed by atoms with Crippen molar-refractivity contribution >= 4 is 21.9 Å². The Morgan fingerprint density at radius 3 is 2.36 bits per heavy atom. The monoisotopic (exact) mass is 401 g/mol. The normalized spacial score (nSPS) is 15.5. The van der Waals surface area contributed by atoms with E-state index in [1.807, 2.05) is 18.3 Å². The Kier molecular flexibility index (Phi) is 6.92. The molecule has 0 aromatic heterocycles. The zero-order valence-electron chi connectivity index (χ0n) is 16.1. The van der Waals surface area contributed by atoms with Crippen LogP contribution in [-0.4, -0.2) is 27.8 Å². The van der Waals surface area contributed by atoms with Gasteiger partial charge in [-0.1, -0.05) is 31.4 Å². The van der Waals surface area contributed by atoms with Gasteiger partial charge >= 0.3 is 0 Å². The molecule has 1 aliphatic carbocycles. The predicted molar refractivity (Wildman–Crippen MR) is 112 cm³/mol. The maximum Gasteiger partial charge on any atom is 0.261 e. The highest BCUT2D eigenvalue weighted by atomic mass is 32.2. The number of hydrazone groups is 1. The Morgan fingerprint density at radius 1 is 1.04 bits per heavy atom. The van der Waals surface area contributed by atoms with Crippen molar-refractivity contribution in [1.29, 1.82) is 0 Å². The quantitative estimate of drug-likeness (QED) is 0.519. The van der Waals surface area contributed by atoms with E-state index in [1.165, 1.54) is 32.1 Å². The van der Waals surface area contributed by atoms with Crippen LogP contribution >= 0.6 is 0 Å². The maximum atomic E-state index is 12.5. The third kappa shape index (κ3) is 5.73. The zero-order chi connectivity index (χ0) is 19.8. The van der Waals surface area contributed by atoms with Gasteiger partial charge < -0.3 is 10.2 Å². The molecular weight excluding hydrogens is 374 g/mol. The lowest BCUT2D eigenvalue weighted by molar-refractivity contribution is 0.381. The Morgan fingerprint density at radius 2 is 1.71 bits per heavy atom. The van der Waals surface area contributed by atoms with Crippen molar-refractivity contribution in [3.05, 3.63) is 54.1 Å². The van der Waals surface area contributed by atoms with Crippen LogP contribution in [0.3, 0.4) is 0 Å². The highest BCUT2D eigenvalue weighted by molar-refractivity contribution is 7.92. The highest BCUT2D eigenvalue weighted by Crippen LogP contribution is 2.20. The molecule has 0 heterocycles. The van der Waals surface area contributed by atoms with Crippen LogP contribution in [0, 0.1) is 0 Å². The number of methoxy groups -OCH3 is 1. The van der Waals surface area contributed by atoms with Crippen molar-refractivity contribution in [3.8, 4) is 5.75 Å². The summed E-state index contributed by atoms with van der Waals surface area (Å²) in [6.07, 6.45) is 8.74. The predicted octanol–water partition coefficient (Wildman–Crippen LogP) is 3.95. The summed E-state index contributed by atoms with van der Waals surface area (Å²) in [7, 11) is -2.06. The Balaban J connectivity index is 1.54. The van der Waals surface area contributed by atoms with Crippen molar-refractivity contribution in [1.82, 2.24) is 5.43 Å². The standard InChI is InChI=1S/C21H27N3O3S/c1-27-20-11-9-19(10-12-20)24-28(25,26)21-13-7-17(8-14-21)15-16-22-23-18-5-3-2-4-6-18/h7-14,16,18,23-24H,2-6,15H2,1H3. The average Bonchev–Trinajstić information content (AvgIpc) is 2.73. The molecular formula is C21H27N3O3S. The van der Waals surface area contributed by atoms with E-state index in [0.29, 0.717) is 23.9 Å². The molecule has 1 fully saturated rings. The fraction of sp³-hybridized carbons (Fsp3) is 0.381. The number of sulfonamides is 1. The average molecular weight is 402 g/mol. The molecule has 0 atom stereocenters. The number of nitrogens with one attached hydrogen (secondary N) is 2. The lowest BCUT2D eigenvalue weighted by atomic mass is 9.96. The van der Waals surface area contributed by atoms with Gasteiger partial charge in [-0.2, -0.15) is 5.10 Å². The van der Waals surface area contributed by atoms with E-state index < -0.39 is 10.0 Å². The molecule has 2 aromatic carbocycles. The number of hydrogen-bond acceptors (Lipinski definition) is 5. The lowest BCUT2D eigenvalue weighted by Gasteiger charge is -2.20. The molecule has 0 unspecified atom stereocenters. The number of nitrogens with zero attached hydrogens (tertiary/aromatic N) is 1. The summed E-state index contributed by atoms with van der Waals surface area (Å²) in [6.45, 7) is 0. The minimum atomic E-state index is -3.63. The molecule has 2 aromatic rings. The number of ether oxygens (including phenoxy) is 1. The molecule has 0 saturated heterocycles. The first-order valence-electron chi connectivity index (χ1n) is 9.60. The minimum absolute atomic E-state index is 0.226. The number of anilines is 1. The van der Waals surface area contributed by atoms with Gasteiger partial charge in [-0.15, -0.1) is 0 Å². The first-order valence-corrected chi connectivity index (χ1v) is 11.1. The van der Waals surface area contributed by atoms with Crippen molar-refractivity contribution in [2.75, 3.05) is 11.8 Å². The summed E-state index contributed by atoms with van der Waals surface area (Å²) in [5, 5.41) is 4.32. The third-order valence-corrected chi connectivity index (χ3v) is 6.25. The van der Waals surface area contributed by atoms with Gasteiger partial charge in [-0.3, -0.25) is 4.72 Å². The molecule has 2 N–H and O–H groups in total. The Hall–Kier alpha value is -2.54. The lowest BCUT2D eigenvalue weighted by Crippen LogP contribution is -2.26. The maximum absolute atomic E-state index is 12.5. The zero-order valence-corrected chi connectivity index (χ0v) is 16.9. The summed E-state index contributed by atoms with van der Waals surface area (Å²) < 4.78 is 32.7. The van der Waals surface area contributed by atoms with Gasteiger partial charge in [0.1, 0.15) is 5.75 Å². The van der Waals surface area contributed by atoms with E-state index >= 15 is 0 Å². The minimum Gasteiger partial charge on any atom is -0.497 e. The van der Waals surface area contributed by atoms with Crippen LogP contribution in [0.25, 0.3) is 0 Å². The third-order valence-electron chi connectivity index (χ3n) is 4.86. The molecule has 0 amide bonds. The van der Waals surface area contributed by atoms with Gasteiger partial charge in [-0.25, -0.2) is 8.42 Å². The van der Waals surface area contributed by atoms with Crippen molar-refractivity contribution in [2.45, 2.75) is 49.5 Å². The van der Waals surface area contributed by atoms with Gasteiger partial charge in [0.05, 0.1) is 12.0 Å². The SMILES string of the molecule is COc1ccc(NS(=O)(=O)c2ccc(CC=NNC3CCCCC3)cc2)cc1. The second-order valence-corrected chi connectivity index (χ2v) is 8.64. The largest absolute Gasteiger partial charge is 0.497 e. The number of benzene rings is 2. The van der Waals surface area contributed by atoms with E-state index in [4.69, 9.17) is 4.74 Å². The van der Waals surface area contributed by atoms with Crippen LogP contribution in [0.4, 0.5) is 5.69 Å². The van der Waals surface area contributed by atoms with Gasteiger partial charge in [-0.05, 0) is 54.8 Å². The van der Waals surface area contributed by atoms with E-state index in [1.54, 1.807) is 43.5 Å². The van der Waals surface area contributed by atoms with Crippen LogP contribution in [0.2, 0.25) is 0 Å². The molecule has 0 spiro atoms. The summed E-state index contributed by atoms with van der Waals surface area (Å²) in [5.41, 5.74) is 4.72. The highest BCUT2D eigenvalue weighted by Gasteiger charge is 2.14. The fourth-order valence-corrected chi connectivity index (χ4v) is 4.28. The molecule has 3 rings (SSSR count). The summed E-state index contributed by atoms with van der Waals surface area (Å²) in [6, 6.07) is 14.1. The van der Waals surface area contributed by atoms with Gasteiger partial charge in [0.15, 0.2) is 0 Å². The fourth-order valence-electron chi connectivity index (χ4n) is 3.22. The van der Waals surface area contributed by atoms with Crippen LogP contribution in [0.5, 0.6) is 5.75 Å². The van der Waals surface area contributed by atoms with Crippen LogP contribution in [-0.2, 0) is 16.4 Å². The van der Waals surface area contributed by atoms with E-state index in [9.17, 15) is 8.42 Å². The second-order valence-electron chi connectivity index (χ2n) is 6.96. The molecule has 1 aliphatic rings. The van der Waals surface area contributed by atoms with Crippen LogP contribution < -0.4 is 14.9 Å². The number of rotatable bonds is 8. The van der Waals surface area contributed by atoms with E-state index in [2.05, 4.69) is 15.2 Å². The second kappa shape index (κ2) is 9.59. The van der Waals surface area contributed by atoms with E-state index in [-0.39, 0.29) is 4.90 Å². The van der Waals surface area contributed by atoms with E-state index in [0.717, 1.165) is 5.56 Å². The van der Waals surface area contributed by atoms with Crippen molar-refractivity contribution in [3.63, 3.8) is 0 Å². The molecule has 7 heteroatoms. The summed E-state index contributed by atoms with van der Waals surface area (Å²) >= 11 is 0. The Labute approximate surface area is 167 Å². The molecule has 28 heavy (non-hydrogen) atoms. The number of hydrogen-bond donors (Lipinski definition) is 2. The van der Waals surface area contributed by atoms with Gasteiger partial charge in [0, 0.05) is 24.4 Å². The molecule has 0 radical (unpaired) electrons. The molecule has 0 bridgehead atoms. The van der Waals surface area contributed by atoms with Gasteiger partial charge in [0.25, 0.3) is 10.0 Å². The topological polar surface area (TPSA) is 79.8 Å². The molecule has 150 valence electrons. The van der Waals surface area contributed by atoms with Crippen LogP contribution in [0.1, 0.15) is 37.7 Å². The smallest absolute Gasteiger partial charge is 0.261 e. The van der Waals surface area contributed by atoms with Crippen molar-refractivity contribution < 1.29 is 13.2 Å². The summed E-state index contributed by atoms with van der Waals surface area (Å²) in [4.78, 5) is 0.226. The van der Waals surface area contributed by atoms with Crippen molar-refractivity contribution in [2.24, 2.45) is 5.10 Å². The first-order chi connectivity index (χ1) is 13.6. The first kappa shape index (κ1) is 20.2. The van der Waals surface area contributed by atoms with Crippen LogP contribution in [0.15, 0.2) is 58.5 Å². The molecule has 1 saturated carbocycles. The molecule has 6 nitrogen and oxygen atoms in total. The van der Waals surface area contributed by atoms with Gasteiger partial charge in [0.2, 0.25) is 0 Å².